The normalized spacial score (nSPS) is 14.0. The van der Waals surface area contributed by atoms with Crippen molar-refractivity contribution in [2.75, 3.05) is 6.79 Å². The van der Waals surface area contributed by atoms with Crippen LogP contribution in [-0.2, 0) is 11.2 Å². The number of hydrogen-bond donors (Lipinski definition) is 1. The van der Waals surface area contributed by atoms with E-state index >= 15 is 0 Å². The average molecular weight is 284 g/mol. The summed E-state index contributed by atoms with van der Waals surface area (Å²) in [7, 11) is 0. The lowest BCUT2D eigenvalue weighted by Gasteiger charge is -2.15. The zero-order valence-corrected chi connectivity index (χ0v) is 11.7. The summed E-state index contributed by atoms with van der Waals surface area (Å²) in [6.45, 7) is 2.16. The van der Waals surface area contributed by atoms with E-state index in [1.54, 1.807) is 0 Å². The van der Waals surface area contributed by atoms with Crippen LogP contribution in [0.3, 0.4) is 0 Å². The van der Waals surface area contributed by atoms with Gasteiger partial charge < -0.3 is 14.6 Å². The minimum absolute atomic E-state index is 0.221. The maximum absolute atomic E-state index is 11.6. The van der Waals surface area contributed by atoms with Gasteiger partial charge in [-0.3, -0.25) is 4.79 Å². The third-order valence-electron chi connectivity index (χ3n) is 3.74. The molecule has 1 aliphatic rings. The van der Waals surface area contributed by atoms with Gasteiger partial charge in [0.25, 0.3) is 0 Å². The molecule has 0 aliphatic carbocycles. The molecule has 3 rings (SSSR count). The first-order chi connectivity index (χ1) is 10.1. The molecule has 0 bridgehead atoms. The molecular weight excluding hydrogens is 268 g/mol. The SMILES string of the molecule is Cc1ccccc1C(Cc1ccc2c(c1)OCO2)C(=O)O. The molecule has 1 heterocycles. The summed E-state index contributed by atoms with van der Waals surface area (Å²) in [5.41, 5.74) is 2.77. The summed E-state index contributed by atoms with van der Waals surface area (Å²) < 4.78 is 10.6. The standard InChI is InChI=1S/C17H16O4/c1-11-4-2-3-5-13(11)14(17(18)19)8-12-6-7-15-16(9-12)21-10-20-15/h2-7,9,14H,8,10H2,1H3,(H,18,19). The van der Waals surface area contributed by atoms with Crippen LogP contribution in [0.2, 0.25) is 0 Å². The lowest BCUT2D eigenvalue weighted by atomic mass is 9.89. The van der Waals surface area contributed by atoms with Crippen molar-refractivity contribution in [1.29, 1.82) is 0 Å². The van der Waals surface area contributed by atoms with Crippen molar-refractivity contribution < 1.29 is 19.4 Å². The number of aliphatic carboxylic acids is 1. The van der Waals surface area contributed by atoms with Crippen molar-refractivity contribution in [2.45, 2.75) is 19.3 Å². The van der Waals surface area contributed by atoms with Crippen molar-refractivity contribution >= 4 is 5.97 Å². The van der Waals surface area contributed by atoms with Gasteiger partial charge >= 0.3 is 5.97 Å². The zero-order chi connectivity index (χ0) is 14.8. The molecule has 0 spiro atoms. The highest BCUT2D eigenvalue weighted by molar-refractivity contribution is 5.77. The van der Waals surface area contributed by atoms with E-state index in [1.165, 1.54) is 0 Å². The molecule has 21 heavy (non-hydrogen) atoms. The highest BCUT2D eigenvalue weighted by atomic mass is 16.7. The first kappa shape index (κ1) is 13.5. The summed E-state index contributed by atoms with van der Waals surface area (Å²) in [5, 5.41) is 9.55. The number of rotatable bonds is 4. The summed E-state index contributed by atoms with van der Waals surface area (Å²) in [6, 6.07) is 13.2. The van der Waals surface area contributed by atoms with Gasteiger partial charge in [-0.05, 0) is 42.2 Å². The van der Waals surface area contributed by atoms with Crippen LogP contribution in [0.25, 0.3) is 0 Å². The van der Waals surface area contributed by atoms with E-state index in [1.807, 2.05) is 49.4 Å². The first-order valence-electron chi connectivity index (χ1n) is 6.82. The van der Waals surface area contributed by atoms with Gasteiger partial charge in [-0.15, -0.1) is 0 Å². The fourth-order valence-corrected chi connectivity index (χ4v) is 2.61. The van der Waals surface area contributed by atoms with Gasteiger partial charge in [0.2, 0.25) is 6.79 Å². The lowest BCUT2D eigenvalue weighted by molar-refractivity contribution is -0.138. The fourth-order valence-electron chi connectivity index (χ4n) is 2.61. The molecule has 0 saturated carbocycles. The van der Waals surface area contributed by atoms with Crippen LogP contribution in [0.1, 0.15) is 22.6 Å². The molecule has 1 atom stereocenters. The summed E-state index contributed by atoms with van der Waals surface area (Å²) in [4.78, 5) is 11.6. The molecule has 0 amide bonds. The van der Waals surface area contributed by atoms with E-state index in [0.717, 1.165) is 16.7 Å². The molecule has 0 saturated heterocycles. The van der Waals surface area contributed by atoms with Crippen molar-refractivity contribution in [2.24, 2.45) is 0 Å². The topological polar surface area (TPSA) is 55.8 Å². The zero-order valence-electron chi connectivity index (χ0n) is 11.7. The molecular formula is C17H16O4. The van der Waals surface area contributed by atoms with Gasteiger partial charge in [-0.25, -0.2) is 0 Å². The number of carboxylic acids is 1. The lowest BCUT2D eigenvalue weighted by Crippen LogP contribution is -2.15. The third-order valence-corrected chi connectivity index (χ3v) is 3.74. The molecule has 1 unspecified atom stereocenters. The van der Waals surface area contributed by atoms with Crippen LogP contribution in [0.5, 0.6) is 11.5 Å². The predicted octanol–water partition coefficient (Wildman–Crippen LogP) is 3.13. The van der Waals surface area contributed by atoms with Gasteiger partial charge in [-0.2, -0.15) is 0 Å². The highest BCUT2D eigenvalue weighted by Crippen LogP contribution is 2.34. The van der Waals surface area contributed by atoms with Gasteiger partial charge in [0, 0.05) is 0 Å². The summed E-state index contributed by atoms with van der Waals surface area (Å²) >= 11 is 0. The van der Waals surface area contributed by atoms with E-state index in [9.17, 15) is 9.90 Å². The van der Waals surface area contributed by atoms with E-state index < -0.39 is 11.9 Å². The Morgan fingerprint density at radius 3 is 2.71 bits per heavy atom. The minimum Gasteiger partial charge on any atom is -0.481 e. The fraction of sp³-hybridized carbons (Fsp3) is 0.235. The molecule has 1 N–H and O–H groups in total. The first-order valence-corrected chi connectivity index (χ1v) is 6.82. The number of fused-ring (bicyclic) bond motifs is 1. The second-order valence-corrected chi connectivity index (χ2v) is 5.14. The largest absolute Gasteiger partial charge is 0.481 e. The maximum atomic E-state index is 11.6. The molecule has 2 aromatic carbocycles. The Bertz CT molecular complexity index is 678. The highest BCUT2D eigenvalue weighted by Gasteiger charge is 2.23. The second kappa shape index (κ2) is 5.48. The molecule has 0 aromatic heterocycles. The van der Waals surface area contributed by atoms with Crippen molar-refractivity contribution in [1.82, 2.24) is 0 Å². The van der Waals surface area contributed by atoms with Crippen LogP contribution in [0.4, 0.5) is 0 Å². The van der Waals surface area contributed by atoms with E-state index in [4.69, 9.17) is 9.47 Å². The number of aryl methyl sites for hydroxylation is 1. The molecule has 1 aliphatic heterocycles. The average Bonchev–Trinajstić information content (AvgIpc) is 2.93. The van der Waals surface area contributed by atoms with Gasteiger partial charge in [0.05, 0.1) is 5.92 Å². The third kappa shape index (κ3) is 2.70. The maximum Gasteiger partial charge on any atom is 0.311 e. The second-order valence-electron chi connectivity index (χ2n) is 5.14. The summed E-state index contributed by atoms with van der Waals surface area (Å²) in [6.07, 6.45) is 0.427. The Balaban J connectivity index is 1.90. The molecule has 108 valence electrons. The molecule has 2 aromatic rings. The molecule has 4 nitrogen and oxygen atoms in total. The van der Waals surface area contributed by atoms with E-state index in [2.05, 4.69) is 0 Å². The summed E-state index contributed by atoms with van der Waals surface area (Å²) in [5.74, 6) is 0.0106. The van der Waals surface area contributed by atoms with Gasteiger partial charge in [0.1, 0.15) is 0 Å². The number of carboxylic acid groups (broad SMARTS) is 1. The van der Waals surface area contributed by atoms with Crippen LogP contribution in [-0.4, -0.2) is 17.9 Å². The predicted molar refractivity (Wildman–Crippen MR) is 77.8 cm³/mol. The Kier molecular flexibility index (Phi) is 3.52. The molecule has 4 heteroatoms. The van der Waals surface area contributed by atoms with E-state index in [0.29, 0.717) is 17.9 Å². The van der Waals surface area contributed by atoms with Crippen LogP contribution in [0, 0.1) is 6.92 Å². The van der Waals surface area contributed by atoms with Crippen molar-refractivity contribution in [3.63, 3.8) is 0 Å². The number of carbonyl (C=O) groups is 1. The minimum atomic E-state index is -0.818. The van der Waals surface area contributed by atoms with Crippen LogP contribution >= 0.6 is 0 Å². The molecule has 0 fully saturated rings. The van der Waals surface area contributed by atoms with Crippen molar-refractivity contribution in [3.05, 3.63) is 59.2 Å². The Hall–Kier alpha value is -2.49. The monoisotopic (exact) mass is 284 g/mol. The van der Waals surface area contributed by atoms with Crippen LogP contribution < -0.4 is 9.47 Å². The quantitative estimate of drug-likeness (QED) is 0.937. The van der Waals surface area contributed by atoms with E-state index in [-0.39, 0.29) is 6.79 Å². The number of hydrogen-bond acceptors (Lipinski definition) is 3. The van der Waals surface area contributed by atoms with Gasteiger partial charge in [-0.1, -0.05) is 30.3 Å². The molecule has 0 radical (unpaired) electrons. The van der Waals surface area contributed by atoms with Crippen molar-refractivity contribution in [3.8, 4) is 11.5 Å². The van der Waals surface area contributed by atoms with Crippen LogP contribution in [0.15, 0.2) is 42.5 Å². The number of ether oxygens (including phenoxy) is 2. The number of benzene rings is 2. The Morgan fingerprint density at radius 1 is 1.19 bits per heavy atom. The smallest absolute Gasteiger partial charge is 0.311 e. The Morgan fingerprint density at radius 2 is 1.95 bits per heavy atom. The Labute approximate surface area is 122 Å². The van der Waals surface area contributed by atoms with Gasteiger partial charge in [0.15, 0.2) is 11.5 Å².